The molecule has 25 atom stereocenters. The van der Waals surface area contributed by atoms with Crippen molar-refractivity contribution in [2.24, 2.45) is 23.3 Å². The van der Waals surface area contributed by atoms with Crippen molar-refractivity contribution in [1.82, 2.24) is 16.0 Å². The molecule has 75 heavy (non-hydrogen) atoms. The molecule has 19 N–H and O–H groups in total. The number of nitrogens with two attached hydrogens (primary N) is 2. The number of nitrogens with one attached hydrogen (secondary N) is 3. The molecular formula is C44H79N5O26. The van der Waals surface area contributed by atoms with Gasteiger partial charge >= 0.3 is 11.9 Å². The van der Waals surface area contributed by atoms with Crippen LogP contribution >= 0.6 is 0 Å². The molecule has 5 aliphatic heterocycles. The van der Waals surface area contributed by atoms with E-state index in [1.54, 1.807) is 13.8 Å². The third-order valence-corrected chi connectivity index (χ3v) is 13.2. The van der Waals surface area contributed by atoms with Gasteiger partial charge < -0.3 is 136 Å². The van der Waals surface area contributed by atoms with Crippen molar-refractivity contribution in [3.63, 3.8) is 0 Å². The molecule has 0 radical (unpaired) electrons. The normalized spacial score (nSPS) is 41.9. The Morgan fingerprint density at radius 2 is 0.867 bits per heavy atom. The first kappa shape index (κ1) is 66.0. The molecule has 0 saturated carbocycles. The molecule has 0 aromatic carbocycles. The standard InChI is InChI=1S/C25H45N3O15.C16H30N2O9.C3H4O2/c1-9-11(6-29)39-25(16(18(9)35)27-5-4-14(33)34)43-21-12(7-30)40-23(15(26)19(21)36)42-22-13(8-31)41-24(38-3)17(20(22)37)28-10(2)32;1-6-8(4-19)25-15(10(17)12(6)22)27-14-9(5-20)26-16(24-3)11(13(14)23)18-7(2)21;1-2-3(4)5/h9,11-13,15-25,27,29-31,35-37H,4-8,26H2,1-3H3,(H,28,32)(H,33,34);6,8-16,19-20,22-23H,4-5,17H2,1-3H3,(H,18,21);2H,1H2,(H,4,5). The third-order valence-electron chi connectivity index (χ3n) is 13.2. The maximum Gasteiger partial charge on any atom is 0.327 e. The van der Waals surface area contributed by atoms with Gasteiger partial charge in [-0.05, 0) is 0 Å². The molecule has 0 bridgehead atoms. The largest absolute Gasteiger partial charge is 0.481 e. The molecule has 5 aliphatic rings. The first-order chi connectivity index (χ1) is 35.4. The molecule has 0 spiro atoms. The second-order valence-electron chi connectivity index (χ2n) is 18.3. The van der Waals surface area contributed by atoms with Crippen LogP contribution in [0.3, 0.4) is 0 Å². The zero-order chi connectivity index (χ0) is 56.6. The van der Waals surface area contributed by atoms with E-state index in [2.05, 4.69) is 22.5 Å². The van der Waals surface area contributed by atoms with Gasteiger partial charge in [0.05, 0.1) is 82.0 Å². The van der Waals surface area contributed by atoms with E-state index >= 15 is 0 Å². The van der Waals surface area contributed by atoms with Gasteiger partial charge in [-0.15, -0.1) is 0 Å². The molecule has 5 heterocycles. The molecule has 5 rings (SSSR count). The molecule has 0 aliphatic carbocycles. The number of aliphatic carboxylic acids is 2. The summed E-state index contributed by atoms with van der Waals surface area (Å²) in [5.74, 6) is -3.97. The average molecular weight is 1090 g/mol. The topological polar surface area (TPSA) is 491 Å². The molecule has 436 valence electrons. The van der Waals surface area contributed by atoms with Crippen molar-refractivity contribution in [2.75, 3.05) is 53.8 Å². The number of carbonyl (C=O) groups excluding carboxylic acids is 2. The van der Waals surface area contributed by atoms with Crippen molar-refractivity contribution in [3.05, 3.63) is 12.7 Å². The number of carbonyl (C=O) groups is 4. The fourth-order valence-corrected chi connectivity index (χ4v) is 8.92. The predicted octanol–water partition coefficient (Wildman–Crippen LogP) is -8.56. The van der Waals surface area contributed by atoms with Crippen LogP contribution in [-0.4, -0.2) is 280 Å². The van der Waals surface area contributed by atoms with E-state index in [-0.39, 0.29) is 19.6 Å². The van der Waals surface area contributed by atoms with Crippen molar-refractivity contribution >= 4 is 23.8 Å². The van der Waals surface area contributed by atoms with Crippen LogP contribution in [0.4, 0.5) is 0 Å². The molecule has 2 amide bonds. The summed E-state index contributed by atoms with van der Waals surface area (Å²) in [6.07, 6.45) is -20.9. The number of methoxy groups -OCH3 is 2. The van der Waals surface area contributed by atoms with E-state index in [0.717, 1.165) is 6.08 Å². The molecule has 31 heteroatoms. The van der Waals surface area contributed by atoms with Crippen LogP contribution in [0.25, 0.3) is 0 Å². The lowest BCUT2D eigenvalue weighted by Crippen LogP contribution is -2.69. The molecule has 25 unspecified atom stereocenters. The highest BCUT2D eigenvalue weighted by Gasteiger charge is 2.54. The fourth-order valence-electron chi connectivity index (χ4n) is 8.92. The van der Waals surface area contributed by atoms with Crippen LogP contribution in [0.15, 0.2) is 12.7 Å². The van der Waals surface area contributed by atoms with Gasteiger partial charge in [0.1, 0.15) is 67.0 Å². The number of hydrogen-bond donors (Lipinski definition) is 17. The molecule has 0 aromatic heterocycles. The van der Waals surface area contributed by atoms with Gasteiger partial charge in [0.25, 0.3) is 0 Å². The van der Waals surface area contributed by atoms with E-state index in [0.29, 0.717) is 0 Å². The smallest absolute Gasteiger partial charge is 0.327 e. The van der Waals surface area contributed by atoms with Crippen molar-refractivity contribution < 1.29 is 128 Å². The van der Waals surface area contributed by atoms with Gasteiger partial charge in [-0.1, -0.05) is 20.4 Å². The minimum Gasteiger partial charge on any atom is -0.481 e. The summed E-state index contributed by atoms with van der Waals surface area (Å²) in [6, 6.07) is -5.37. The van der Waals surface area contributed by atoms with E-state index in [1.807, 2.05) is 0 Å². The van der Waals surface area contributed by atoms with Gasteiger partial charge in [-0.25, -0.2) is 4.79 Å². The summed E-state index contributed by atoms with van der Waals surface area (Å²) in [4.78, 5) is 43.4. The second-order valence-corrected chi connectivity index (χ2v) is 18.3. The number of aliphatic hydroxyl groups excluding tert-OH is 10. The van der Waals surface area contributed by atoms with Crippen LogP contribution < -0.4 is 27.4 Å². The Balaban J connectivity index is 0.000000394. The van der Waals surface area contributed by atoms with E-state index in [1.165, 1.54) is 28.1 Å². The van der Waals surface area contributed by atoms with Gasteiger partial charge in [0.15, 0.2) is 31.5 Å². The molecule has 31 nitrogen and oxygen atoms in total. The Hall–Kier alpha value is -3.30. The van der Waals surface area contributed by atoms with Crippen LogP contribution in [0.5, 0.6) is 0 Å². The number of carboxylic acids is 2. The lowest BCUT2D eigenvalue weighted by molar-refractivity contribution is -0.349. The Labute approximate surface area is 431 Å². The maximum atomic E-state index is 11.7. The van der Waals surface area contributed by atoms with E-state index in [4.69, 9.17) is 69.0 Å². The minimum atomic E-state index is -1.59. The summed E-state index contributed by atoms with van der Waals surface area (Å²) >= 11 is 0. The van der Waals surface area contributed by atoms with Crippen LogP contribution in [0.2, 0.25) is 0 Å². The fraction of sp³-hybridized carbons (Fsp3) is 0.864. The van der Waals surface area contributed by atoms with E-state index < -0.39 is 203 Å². The number of aliphatic hydroxyl groups is 10. The van der Waals surface area contributed by atoms with Crippen molar-refractivity contribution in [1.29, 1.82) is 0 Å². The highest BCUT2D eigenvalue weighted by molar-refractivity contribution is 5.78. The number of amides is 2. The Kier molecular flexibility index (Phi) is 27.6. The summed E-state index contributed by atoms with van der Waals surface area (Å²) in [5.41, 5.74) is 12.2. The average Bonchev–Trinajstić information content (AvgIpc) is 3.37. The molecule has 5 fully saturated rings. The highest BCUT2D eigenvalue weighted by Crippen LogP contribution is 2.34. The van der Waals surface area contributed by atoms with Crippen molar-refractivity contribution in [3.8, 4) is 0 Å². The Morgan fingerprint density at radius 1 is 0.533 bits per heavy atom. The zero-order valence-electron chi connectivity index (χ0n) is 42.4. The SMILES string of the molecule is C=CC(=O)O.COC1OC(CO)C(OC2OC(CO)C(C)C(O)C2N)C(O)C1NC(C)=O.COC1OC(CO)C(OC2OC(CO)C(OC3OC(CO)C(C)C(O)C3NCCC(=O)O)C(O)C2N)C(O)C1NC(C)=O. The summed E-state index contributed by atoms with van der Waals surface area (Å²) in [7, 11) is 2.63. The summed E-state index contributed by atoms with van der Waals surface area (Å²) in [5, 5.41) is 127. The zero-order valence-corrected chi connectivity index (χ0v) is 42.4. The lowest BCUT2D eigenvalue weighted by atomic mass is 9.89. The van der Waals surface area contributed by atoms with Gasteiger partial charge in [0, 0.05) is 52.5 Å². The first-order valence-electron chi connectivity index (χ1n) is 24.0. The van der Waals surface area contributed by atoms with Crippen LogP contribution in [0.1, 0.15) is 34.1 Å². The Bertz CT molecular complexity index is 1760. The number of hydrogen-bond acceptors (Lipinski definition) is 27. The predicted molar refractivity (Wildman–Crippen MR) is 249 cm³/mol. The maximum absolute atomic E-state index is 11.7. The third kappa shape index (κ3) is 17.3. The molecular weight excluding hydrogens is 1010 g/mol. The lowest BCUT2D eigenvalue weighted by Gasteiger charge is -2.49. The number of rotatable bonds is 20. The molecule has 5 saturated heterocycles. The van der Waals surface area contributed by atoms with Gasteiger partial charge in [-0.2, -0.15) is 0 Å². The van der Waals surface area contributed by atoms with E-state index in [9.17, 15) is 70.2 Å². The van der Waals surface area contributed by atoms with Crippen molar-refractivity contribution in [2.45, 2.75) is 175 Å². The number of ether oxygens (including phenoxy) is 10. The van der Waals surface area contributed by atoms with Gasteiger partial charge in [-0.3, -0.25) is 14.4 Å². The second kappa shape index (κ2) is 31.3. The number of carboxylic acid groups (broad SMARTS) is 2. The van der Waals surface area contributed by atoms with Gasteiger partial charge in [0.2, 0.25) is 11.8 Å². The Morgan fingerprint density at radius 3 is 1.23 bits per heavy atom. The van der Waals surface area contributed by atoms with Crippen LogP contribution in [-0.2, 0) is 66.5 Å². The highest BCUT2D eigenvalue weighted by atomic mass is 16.8. The quantitative estimate of drug-likeness (QED) is 0.0504. The summed E-state index contributed by atoms with van der Waals surface area (Å²) in [6.45, 7) is 6.06. The first-order valence-corrected chi connectivity index (χ1v) is 24.0. The summed E-state index contributed by atoms with van der Waals surface area (Å²) < 4.78 is 56.4. The molecule has 0 aromatic rings. The monoisotopic (exact) mass is 1090 g/mol. The van der Waals surface area contributed by atoms with Crippen LogP contribution in [0, 0.1) is 11.8 Å². The minimum absolute atomic E-state index is 0.0550.